The van der Waals surface area contributed by atoms with E-state index < -0.39 is 31.7 Å². The Morgan fingerprint density at radius 3 is 1.67 bits per heavy atom. The molecule has 0 spiro atoms. The Hall–Kier alpha value is -4.92. The van der Waals surface area contributed by atoms with Gasteiger partial charge in [0.2, 0.25) is 0 Å². The Morgan fingerprint density at radius 1 is 0.667 bits per heavy atom. The molecule has 0 radical (unpaired) electrons. The molecule has 0 aliphatic carbocycles. The van der Waals surface area contributed by atoms with Gasteiger partial charge in [0.05, 0.1) is 11.7 Å². The minimum atomic E-state index is -3.81. The van der Waals surface area contributed by atoms with Crippen LogP contribution in [0.25, 0.3) is 0 Å². The van der Waals surface area contributed by atoms with Gasteiger partial charge in [0.15, 0.2) is 0 Å². The van der Waals surface area contributed by atoms with E-state index in [2.05, 4.69) is 5.32 Å². The summed E-state index contributed by atoms with van der Waals surface area (Å²) in [4.78, 5) is 38.1. The third kappa shape index (κ3) is 10.9. The van der Waals surface area contributed by atoms with Crippen molar-refractivity contribution in [2.45, 2.75) is 32.3 Å². The van der Waals surface area contributed by atoms with Crippen molar-refractivity contribution in [1.82, 2.24) is 5.32 Å². The number of hydrogen-bond acceptors (Lipinski definition) is 9. The second-order valence-corrected chi connectivity index (χ2v) is 12.1. The molecule has 4 aromatic rings. The molecule has 1 amide bonds. The van der Waals surface area contributed by atoms with E-state index >= 15 is 0 Å². The lowest BCUT2D eigenvalue weighted by Gasteiger charge is -2.21. The maximum absolute atomic E-state index is 13.5. The average Bonchev–Trinajstić information content (AvgIpc) is 3.08. The topological polar surface area (TPSA) is 126 Å². The lowest BCUT2D eigenvalue weighted by Crippen LogP contribution is -2.42. The number of carbonyl (C=O) groups is 3. The van der Waals surface area contributed by atoms with Gasteiger partial charge in [-0.3, -0.25) is 0 Å². The fourth-order valence-electron chi connectivity index (χ4n) is 4.07. The normalized spacial score (nSPS) is 12.6. The van der Waals surface area contributed by atoms with Crippen LogP contribution in [0.4, 0.5) is 4.79 Å². The van der Waals surface area contributed by atoms with Gasteiger partial charge < -0.3 is 28.6 Å². The zero-order valence-corrected chi connectivity index (χ0v) is 25.6. The molecule has 0 saturated heterocycles. The summed E-state index contributed by atoms with van der Waals surface area (Å²) in [6.07, 6.45) is -1.22. The smallest absolute Gasteiger partial charge is 0.408 e. The molecule has 4 rings (SSSR count). The summed E-state index contributed by atoms with van der Waals surface area (Å²) in [6, 6.07) is 32.1. The van der Waals surface area contributed by atoms with Crippen LogP contribution in [0.2, 0.25) is 0 Å². The van der Waals surface area contributed by atoms with Crippen LogP contribution in [0.1, 0.15) is 33.5 Å². The van der Waals surface area contributed by atoms with Gasteiger partial charge in [-0.25, -0.2) is 18.9 Å². The standard InChI is InChI=1S/C34H34NO9P/c1-40-45(39,44-30-19-17-29(18-20-30)32(36)41-23-26-11-5-2-6-12-26)22-21-31(33(37)42-24-27-13-7-3-8-14-27)35-34(38)43-25-28-15-9-4-10-16-28/h2-20,31H,21-25H2,1H3,(H,35,38). The van der Waals surface area contributed by atoms with Gasteiger partial charge in [-0.2, -0.15) is 0 Å². The SMILES string of the molecule is COP(=O)(CCC(NC(=O)OCc1ccccc1)C(=O)OCc1ccccc1)Oc1ccc(C(=O)OCc2ccccc2)cc1. The molecule has 0 saturated carbocycles. The van der Waals surface area contributed by atoms with E-state index in [9.17, 15) is 18.9 Å². The maximum Gasteiger partial charge on any atom is 0.408 e. The van der Waals surface area contributed by atoms with Crippen LogP contribution < -0.4 is 9.84 Å². The molecular formula is C34H34NO9P. The molecule has 2 unspecified atom stereocenters. The van der Waals surface area contributed by atoms with Gasteiger partial charge in [-0.1, -0.05) is 91.0 Å². The van der Waals surface area contributed by atoms with E-state index in [1.807, 2.05) is 66.7 Å². The minimum absolute atomic E-state index is 0.00603. The van der Waals surface area contributed by atoms with E-state index in [1.54, 1.807) is 24.3 Å². The van der Waals surface area contributed by atoms with E-state index in [-0.39, 0.29) is 43.7 Å². The number of nitrogens with one attached hydrogen (secondary N) is 1. The molecule has 0 aliphatic heterocycles. The van der Waals surface area contributed by atoms with Crippen molar-refractivity contribution >= 4 is 25.6 Å². The summed E-state index contributed by atoms with van der Waals surface area (Å²) < 4.78 is 40.4. The summed E-state index contributed by atoms with van der Waals surface area (Å²) in [5.74, 6) is -1.09. The van der Waals surface area contributed by atoms with Crippen molar-refractivity contribution in [3.05, 3.63) is 138 Å². The monoisotopic (exact) mass is 631 g/mol. The summed E-state index contributed by atoms with van der Waals surface area (Å²) >= 11 is 0. The third-order valence-corrected chi connectivity index (χ3v) is 8.38. The number of ether oxygens (including phenoxy) is 3. The Bertz CT molecular complexity index is 1570. The number of alkyl carbamates (subject to hydrolysis) is 1. The second-order valence-electron chi connectivity index (χ2n) is 9.84. The van der Waals surface area contributed by atoms with Crippen LogP contribution in [-0.4, -0.2) is 37.3 Å². The Morgan fingerprint density at radius 2 is 1.16 bits per heavy atom. The number of rotatable bonds is 15. The van der Waals surface area contributed by atoms with Crippen molar-refractivity contribution in [1.29, 1.82) is 0 Å². The predicted octanol–water partition coefficient (Wildman–Crippen LogP) is 6.69. The van der Waals surface area contributed by atoms with Crippen LogP contribution >= 0.6 is 7.60 Å². The van der Waals surface area contributed by atoms with Crippen LogP contribution in [0.15, 0.2) is 115 Å². The molecule has 2 atom stereocenters. The molecule has 4 aromatic carbocycles. The van der Waals surface area contributed by atoms with Crippen molar-refractivity contribution in [3.8, 4) is 5.75 Å². The van der Waals surface area contributed by atoms with Gasteiger partial charge in [0.1, 0.15) is 31.6 Å². The highest BCUT2D eigenvalue weighted by Gasteiger charge is 2.31. The van der Waals surface area contributed by atoms with Gasteiger partial charge in [0.25, 0.3) is 0 Å². The highest BCUT2D eigenvalue weighted by Crippen LogP contribution is 2.48. The third-order valence-electron chi connectivity index (χ3n) is 6.53. The first-order valence-corrected chi connectivity index (χ1v) is 15.9. The first-order chi connectivity index (χ1) is 21.8. The fraction of sp³-hybridized carbons (Fsp3) is 0.206. The van der Waals surface area contributed by atoms with Crippen molar-refractivity contribution in [2.24, 2.45) is 0 Å². The molecule has 0 bridgehead atoms. The summed E-state index contributed by atoms with van der Waals surface area (Å²) in [6.45, 7) is 0.100. The van der Waals surface area contributed by atoms with Crippen LogP contribution in [0, 0.1) is 0 Å². The number of hydrogen-bond donors (Lipinski definition) is 1. The van der Waals surface area contributed by atoms with Crippen LogP contribution in [-0.2, 0) is 47.9 Å². The first kappa shape index (κ1) is 33.0. The molecule has 45 heavy (non-hydrogen) atoms. The number of benzene rings is 4. The van der Waals surface area contributed by atoms with Gasteiger partial charge >= 0.3 is 25.6 Å². The molecule has 234 valence electrons. The quantitative estimate of drug-likeness (QED) is 0.0867. The zero-order valence-electron chi connectivity index (χ0n) is 24.7. The number of esters is 2. The second kappa shape index (κ2) is 16.8. The molecule has 1 N–H and O–H groups in total. The Kier molecular flexibility index (Phi) is 12.3. The summed E-state index contributed by atoms with van der Waals surface area (Å²) in [7, 11) is -2.58. The summed E-state index contributed by atoms with van der Waals surface area (Å²) in [5, 5.41) is 2.51. The van der Waals surface area contributed by atoms with Gasteiger partial charge in [0, 0.05) is 7.11 Å². The molecule has 0 aromatic heterocycles. The lowest BCUT2D eigenvalue weighted by molar-refractivity contribution is -0.147. The molecule has 10 nitrogen and oxygen atoms in total. The number of amides is 1. The Balaban J connectivity index is 1.35. The molecule has 0 heterocycles. The Labute approximate surface area is 261 Å². The fourth-order valence-corrected chi connectivity index (χ4v) is 5.43. The zero-order chi connectivity index (χ0) is 31.9. The van der Waals surface area contributed by atoms with E-state index in [0.29, 0.717) is 0 Å². The maximum atomic E-state index is 13.5. The van der Waals surface area contributed by atoms with E-state index in [4.69, 9.17) is 23.3 Å². The van der Waals surface area contributed by atoms with Crippen molar-refractivity contribution in [2.75, 3.05) is 13.3 Å². The van der Waals surface area contributed by atoms with Gasteiger partial charge in [-0.05, 0) is 47.4 Å². The van der Waals surface area contributed by atoms with Crippen molar-refractivity contribution < 1.29 is 42.2 Å². The average molecular weight is 632 g/mol. The molecule has 0 fully saturated rings. The lowest BCUT2D eigenvalue weighted by atomic mass is 10.2. The summed E-state index contributed by atoms with van der Waals surface area (Å²) in [5.41, 5.74) is 2.66. The minimum Gasteiger partial charge on any atom is -0.459 e. The number of carbonyl (C=O) groups excluding carboxylic acids is 3. The van der Waals surface area contributed by atoms with Gasteiger partial charge in [-0.15, -0.1) is 0 Å². The first-order valence-electron chi connectivity index (χ1n) is 14.2. The van der Waals surface area contributed by atoms with Crippen LogP contribution in [0.5, 0.6) is 5.75 Å². The molecule has 0 aliphatic rings. The van der Waals surface area contributed by atoms with Crippen LogP contribution in [0.3, 0.4) is 0 Å². The molecular weight excluding hydrogens is 597 g/mol. The van der Waals surface area contributed by atoms with E-state index in [0.717, 1.165) is 16.7 Å². The highest BCUT2D eigenvalue weighted by atomic mass is 31.2. The predicted molar refractivity (Wildman–Crippen MR) is 167 cm³/mol. The largest absolute Gasteiger partial charge is 0.459 e. The van der Waals surface area contributed by atoms with E-state index in [1.165, 1.54) is 31.4 Å². The molecule has 11 heteroatoms. The highest BCUT2D eigenvalue weighted by molar-refractivity contribution is 7.54. The van der Waals surface area contributed by atoms with Crippen molar-refractivity contribution in [3.63, 3.8) is 0 Å².